The second kappa shape index (κ2) is 7.20. The van der Waals surface area contributed by atoms with E-state index in [2.05, 4.69) is 5.32 Å². The van der Waals surface area contributed by atoms with Crippen LogP contribution in [-0.2, 0) is 9.53 Å². The third kappa shape index (κ3) is 4.91. The van der Waals surface area contributed by atoms with Gasteiger partial charge in [0.25, 0.3) is 0 Å². The lowest BCUT2D eigenvalue weighted by atomic mass is 10.1. The van der Waals surface area contributed by atoms with Gasteiger partial charge < -0.3 is 20.1 Å². The van der Waals surface area contributed by atoms with Crippen LogP contribution < -0.4 is 5.32 Å². The van der Waals surface area contributed by atoms with Gasteiger partial charge in [-0.25, -0.2) is 4.79 Å². The number of nitrogens with one attached hydrogen (secondary N) is 1. The number of urea groups is 1. The molecule has 1 aliphatic heterocycles. The summed E-state index contributed by atoms with van der Waals surface area (Å²) in [5.74, 6) is -0.710. The second-order valence-corrected chi connectivity index (χ2v) is 4.83. The van der Waals surface area contributed by atoms with E-state index < -0.39 is 5.97 Å². The Hall–Kier alpha value is -1.30. The molecule has 2 unspecified atom stereocenters. The molecule has 6 heteroatoms. The monoisotopic (exact) mass is 258 g/mol. The standard InChI is InChI=1S/C12H22N2O4/c1-9(4-6-18-2)13-12(17)14-5-3-10(8-14)7-11(15)16/h9-10H,3-8H2,1-2H3,(H,13,17)(H,15,16). The van der Waals surface area contributed by atoms with Gasteiger partial charge in [-0.2, -0.15) is 0 Å². The first-order valence-corrected chi connectivity index (χ1v) is 6.29. The molecule has 0 aromatic heterocycles. The Kier molecular flexibility index (Phi) is 5.91. The normalized spacial score (nSPS) is 20.8. The van der Waals surface area contributed by atoms with Gasteiger partial charge in [0.15, 0.2) is 0 Å². The molecule has 0 spiro atoms. The molecule has 0 aromatic rings. The molecule has 0 radical (unpaired) electrons. The zero-order chi connectivity index (χ0) is 13.5. The molecule has 1 heterocycles. The maximum atomic E-state index is 11.9. The van der Waals surface area contributed by atoms with E-state index in [1.165, 1.54) is 0 Å². The molecule has 1 rings (SSSR count). The van der Waals surface area contributed by atoms with E-state index in [0.717, 1.165) is 12.8 Å². The number of rotatable bonds is 6. The summed E-state index contributed by atoms with van der Waals surface area (Å²) < 4.78 is 4.95. The molecular formula is C12H22N2O4. The Balaban J connectivity index is 2.29. The van der Waals surface area contributed by atoms with E-state index in [9.17, 15) is 9.59 Å². The van der Waals surface area contributed by atoms with Crippen molar-refractivity contribution >= 4 is 12.0 Å². The Morgan fingerprint density at radius 3 is 2.89 bits per heavy atom. The number of aliphatic carboxylic acids is 1. The molecule has 0 aromatic carbocycles. The first kappa shape index (κ1) is 14.8. The molecular weight excluding hydrogens is 236 g/mol. The molecule has 104 valence electrons. The average Bonchev–Trinajstić information content (AvgIpc) is 2.73. The largest absolute Gasteiger partial charge is 0.481 e. The van der Waals surface area contributed by atoms with Crippen molar-refractivity contribution in [1.29, 1.82) is 0 Å². The summed E-state index contributed by atoms with van der Waals surface area (Å²) in [5.41, 5.74) is 0. The third-order valence-corrected chi connectivity index (χ3v) is 3.16. The highest BCUT2D eigenvalue weighted by atomic mass is 16.5. The van der Waals surface area contributed by atoms with Crippen molar-refractivity contribution in [3.05, 3.63) is 0 Å². The summed E-state index contributed by atoms with van der Waals surface area (Å²) >= 11 is 0. The van der Waals surface area contributed by atoms with Crippen LogP contribution in [0, 0.1) is 5.92 Å². The van der Waals surface area contributed by atoms with Gasteiger partial charge in [0, 0.05) is 39.3 Å². The average molecular weight is 258 g/mol. The smallest absolute Gasteiger partial charge is 0.317 e. The third-order valence-electron chi connectivity index (χ3n) is 3.16. The number of amides is 2. The molecule has 2 amide bonds. The first-order chi connectivity index (χ1) is 8.52. The topological polar surface area (TPSA) is 78.9 Å². The van der Waals surface area contributed by atoms with E-state index in [0.29, 0.717) is 19.7 Å². The van der Waals surface area contributed by atoms with Crippen LogP contribution in [0.1, 0.15) is 26.2 Å². The molecule has 2 atom stereocenters. The van der Waals surface area contributed by atoms with Crippen molar-refractivity contribution in [2.24, 2.45) is 5.92 Å². The van der Waals surface area contributed by atoms with Crippen molar-refractivity contribution in [3.63, 3.8) is 0 Å². The van der Waals surface area contributed by atoms with E-state index in [-0.39, 0.29) is 24.4 Å². The number of carboxylic acids is 1. The number of hydrogen-bond acceptors (Lipinski definition) is 3. The fourth-order valence-corrected chi connectivity index (χ4v) is 2.10. The number of carbonyl (C=O) groups is 2. The fourth-order valence-electron chi connectivity index (χ4n) is 2.10. The number of methoxy groups -OCH3 is 1. The van der Waals surface area contributed by atoms with Crippen LogP contribution in [0.4, 0.5) is 4.79 Å². The Bertz CT molecular complexity index is 296. The van der Waals surface area contributed by atoms with Crippen LogP contribution in [0.5, 0.6) is 0 Å². The molecule has 1 fully saturated rings. The number of nitrogens with zero attached hydrogens (tertiary/aromatic N) is 1. The van der Waals surface area contributed by atoms with Crippen LogP contribution in [-0.4, -0.2) is 54.9 Å². The fraction of sp³-hybridized carbons (Fsp3) is 0.833. The lowest BCUT2D eigenvalue weighted by Gasteiger charge is -2.20. The number of ether oxygens (including phenoxy) is 1. The number of carbonyl (C=O) groups excluding carboxylic acids is 1. The summed E-state index contributed by atoms with van der Waals surface area (Å²) in [6.45, 7) is 3.72. The van der Waals surface area contributed by atoms with Crippen molar-refractivity contribution in [1.82, 2.24) is 10.2 Å². The van der Waals surface area contributed by atoms with Crippen molar-refractivity contribution in [2.45, 2.75) is 32.2 Å². The van der Waals surface area contributed by atoms with Gasteiger partial charge in [0.05, 0.1) is 0 Å². The van der Waals surface area contributed by atoms with Gasteiger partial charge in [-0.05, 0) is 25.7 Å². The summed E-state index contributed by atoms with van der Waals surface area (Å²) in [4.78, 5) is 24.2. The maximum absolute atomic E-state index is 11.9. The predicted octanol–water partition coefficient (Wildman–Crippen LogP) is 0.918. The zero-order valence-electron chi connectivity index (χ0n) is 11.0. The van der Waals surface area contributed by atoms with Gasteiger partial charge >= 0.3 is 12.0 Å². The maximum Gasteiger partial charge on any atom is 0.317 e. The van der Waals surface area contributed by atoms with Crippen LogP contribution in [0.2, 0.25) is 0 Å². The van der Waals surface area contributed by atoms with Crippen molar-refractivity contribution in [2.75, 3.05) is 26.8 Å². The number of hydrogen-bond donors (Lipinski definition) is 2. The van der Waals surface area contributed by atoms with E-state index >= 15 is 0 Å². The van der Waals surface area contributed by atoms with Gasteiger partial charge in [-0.3, -0.25) is 4.79 Å². The van der Waals surface area contributed by atoms with Crippen molar-refractivity contribution < 1.29 is 19.4 Å². The van der Waals surface area contributed by atoms with Gasteiger partial charge in [-0.1, -0.05) is 0 Å². The minimum Gasteiger partial charge on any atom is -0.481 e. The Labute approximate surface area is 107 Å². The molecule has 1 saturated heterocycles. The lowest BCUT2D eigenvalue weighted by molar-refractivity contribution is -0.138. The molecule has 0 aliphatic carbocycles. The van der Waals surface area contributed by atoms with Crippen LogP contribution >= 0.6 is 0 Å². The van der Waals surface area contributed by atoms with Crippen molar-refractivity contribution in [3.8, 4) is 0 Å². The quantitative estimate of drug-likeness (QED) is 0.742. The second-order valence-electron chi connectivity index (χ2n) is 4.83. The van der Waals surface area contributed by atoms with Crippen LogP contribution in [0.25, 0.3) is 0 Å². The van der Waals surface area contributed by atoms with Gasteiger partial charge in [-0.15, -0.1) is 0 Å². The van der Waals surface area contributed by atoms with Crippen LogP contribution in [0.3, 0.4) is 0 Å². The molecule has 1 aliphatic rings. The summed E-state index contributed by atoms with van der Waals surface area (Å²) in [7, 11) is 1.63. The lowest BCUT2D eigenvalue weighted by Crippen LogP contribution is -2.43. The highest BCUT2D eigenvalue weighted by Crippen LogP contribution is 2.19. The Morgan fingerprint density at radius 2 is 2.28 bits per heavy atom. The molecule has 0 saturated carbocycles. The minimum atomic E-state index is -0.796. The van der Waals surface area contributed by atoms with E-state index in [1.54, 1.807) is 12.0 Å². The predicted molar refractivity (Wildman–Crippen MR) is 66.4 cm³/mol. The summed E-state index contributed by atoms with van der Waals surface area (Å²) in [6.07, 6.45) is 1.68. The van der Waals surface area contributed by atoms with E-state index in [1.807, 2.05) is 6.92 Å². The Morgan fingerprint density at radius 1 is 1.56 bits per heavy atom. The highest BCUT2D eigenvalue weighted by molar-refractivity contribution is 5.75. The first-order valence-electron chi connectivity index (χ1n) is 6.29. The SMILES string of the molecule is COCCC(C)NC(=O)N1CCC(CC(=O)O)C1. The minimum absolute atomic E-state index is 0.0657. The highest BCUT2D eigenvalue weighted by Gasteiger charge is 2.28. The summed E-state index contributed by atoms with van der Waals surface area (Å²) in [6, 6.07) is -0.0394. The van der Waals surface area contributed by atoms with E-state index in [4.69, 9.17) is 9.84 Å². The summed E-state index contributed by atoms with van der Waals surface area (Å²) in [5, 5.41) is 11.6. The molecule has 0 bridgehead atoms. The zero-order valence-corrected chi connectivity index (χ0v) is 11.0. The van der Waals surface area contributed by atoms with Crippen LogP contribution in [0.15, 0.2) is 0 Å². The number of likely N-dealkylation sites (tertiary alicyclic amines) is 1. The molecule has 6 nitrogen and oxygen atoms in total. The molecule has 2 N–H and O–H groups in total. The van der Waals surface area contributed by atoms with Gasteiger partial charge in [0.2, 0.25) is 0 Å². The number of carboxylic acid groups (broad SMARTS) is 1. The molecule has 18 heavy (non-hydrogen) atoms. The van der Waals surface area contributed by atoms with Gasteiger partial charge in [0.1, 0.15) is 0 Å².